The first-order valence-corrected chi connectivity index (χ1v) is 7.89. The van der Waals surface area contributed by atoms with E-state index in [2.05, 4.69) is 5.32 Å². The van der Waals surface area contributed by atoms with Gasteiger partial charge in [0.05, 0.1) is 6.42 Å². The maximum Gasteiger partial charge on any atom is 0.305 e. The number of carbonyl (C=O) groups excluding carboxylic acids is 1. The molecular formula is C13H18NO6P. The van der Waals surface area contributed by atoms with Gasteiger partial charge in [0.2, 0.25) is 13.9 Å². The minimum absolute atomic E-state index is 0.0388. The molecule has 1 amide bonds. The number of amides is 1. The van der Waals surface area contributed by atoms with Crippen molar-refractivity contribution in [1.29, 1.82) is 0 Å². The van der Waals surface area contributed by atoms with Gasteiger partial charge in [-0.25, -0.2) is 0 Å². The second-order valence-electron chi connectivity index (χ2n) is 4.26. The van der Waals surface area contributed by atoms with Crippen molar-refractivity contribution >= 4 is 19.9 Å². The summed E-state index contributed by atoms with van der Waals surface area (Å²) in [5.74, 6) is -1.58. The molecule has 1 aromatic carbocycles. The second kappa shape index (κ2) is 9.28. The van der Waals surface area contributed by atoms with Crippen LogP contribution < -0.4 is 5.32 Å². The van der Waals surface area contributed by atoms with E-state index in [1.807, 2.05) is 6.07 Å². The second-order valence-corrected chi connectivity index (χ2v) is 5.56. The minimum Gasteiger partial charge on any atom is -0.481 e. The van der Waals surface area contributed by atoms with Crippen molar-refractivity contribution in [2.45, 2.75) is 18.9 Å². The highest BCUT2D eigenvalue weighted by molar-refractivity contribution is 7.38. The number of nitrogens with one attached hydrogen (secondary N) is 1. The lowest BCUT2D eigenvalue weighted by atomic mass is 10.1. The van der Waals surface area contributed by atoms with Crippen molar-refractivity contribution < 1.29 is 28.9 Å². The van der Waals surface area contributed by atoms with Crippen LogP contribution >= 0.6 is 8.03 Å². The largest absolute Gasteiger partial charge is 0.481 e. The van der Waals surface area contributed by atoms with Gasteiger partial charge in [0.25, 0.3) is 0 Å². The Morgan fingerprint density at radius 2 is 1.95 bits per heavy atom. The summed E-state index contributed by atoms with van der Waals surface area (Å²) < 4.78 is 16.4. The maximum absolute atomic E-state index is 11.9. The molecule has 0 aromatic heterocycles. The molecule has 0 aliphatic rings. The number of hydrogen-bond donors (Lipinski definition) is 3. The highest BCUT2D eigenvalue weighted by Crippen LogP contribution is 2.24. The molecule has 1 rings (SSSR count). The third-order valence-corrected chi connectivity index (χ3v) is 3.40. The minimum atomic E-state index is -2.70. The topological polar surface area (TPSA) is 113 Å². The number of carboxylic acids is 1. The first kappa shape index (κ1) is 17.4. The van der Waals surface area contributed by atoms with E-state index < -0.39 is 32.4 Å². The zero-order valence-electron chi connectivity index (χ0n) is 11.3. The van der Waals surface area contributed by atoms with Crippen molar-refractivity contribution in [1.82, 2.24) is 5.32 Å². The van der Waals surface area contributed by atoms with Crippen molar-refractivity contribution in [3.8, 4) is 0 Å². The third kappa shape index (κ3) is 7.04. The fourth-order valence-corrected chi connectivity index (χ4v) is 2.20. The maximum atomic E-state index is 11.9. The monoisotopic (exact) mass is 315 g/mol. The highest BCUT2D eigenvalue weighted by atomic mass is 31.1. The van der Waals surface area contributed by atoms with Gasteiger partial charge in [-0.05, 0) is 5.56 Å². The number of carboxylic acid groups (broad SMARTS) is 1. The van der Waals surface area contributed by atoms with Crippen molar-refractivity contribution in [2.24, 2.45) is 0 Å². The molecule has 0 radical (unpaired) electrons. The Balaban J connectivity index is 2.65. The quantitative estimate of drug-likeness (QED) is 0.576. The molecular weight excluding hydrogens is 297 g/mol. The van der Waals surface area contributed by atoms with Gasteiger partial charge in [0, 0.05) is 13.0 Å². The van der Waals surface area contributed by atoms with Crippen molar-refractivity contribution in [3.63, 3.8) is 0 Å². The zero-order valence-corrected chi connectivity index (χ0v) is 12.3. The number of aliphatic hydroxyl groups is 1. The summed E-state index contributed by atoms with van der Waals surface area (Å²) in [5, 5.41) is 19.7. The fraction of sp³-hybridized carbons (Fsp3) is 0.385. The number of hydrogen-bond acceptors (Lipinski definition) is 5. The van der Waals surface area contributed by atoms with Gasteiger partial charge >= 0.3 is 5.97 Å². The van der Waals surface area contributed by atoms with Crippen LogP contribution in [0.5, 0.6) is 0 Å². The molecule has 8 heteroatoms. The molecule has 0 aliphatic carbocycles. The van der Waals surface area contributed by atoms with Crippen molar-refractivity contribution in [2.75, 3.05) is 12.9 Å². The van der Waals surface area contributed by atoms with E-state index in [1.54, 1.807) is 24.3 Å². The molecule has 0 heterocycles. The van der Waals surface area contributed by atoms with E-state index in [9.17, 15) is 14.2 Å². The normalized spacial score (nSPS) is 13.4. The number of carbonyl (C=O) groups is 2. The summed E-state index contributed by atoms with van der Waals surface area (Å²) in [6, 6.07) is 8.99. The molecule has 21 heavy (non-hydrogen) atoms. The van der Waals surface area contributed by atoms with E-state index in [-0.39, 0.29) is 19.4 Å². The Labute approximate surface area is 122 Å². The Morgan fingerprint density at radius 1 is 1.29 bits per heavy atom. The number of aliphatic carboxylic acids is 1. The average molecular weight is 315 g/mol. The molecule has 0 aliphatic heterocycles. The van der Waals surface area contributed by atoms with Gasteiger partial charge in [-0.1, -0.05) is 30.3 Å². The first-order valence-electron chi connectivity index (χ1n) is 6.36. The molecule has 3 N–H and O–H groups in total. The zero-order chi connectivity index (χ0) is 15.7. The number of benzene rings is 1. The third-order valence-electron chi connectivity index (χ3n) is 2.60. The Hall–Kier alpha value is -1.69. The molecule has 0 spiro atoms. The smallest absolute Gasteiger partial charge is 0.305 e. The lowest BCUT2D eigenvalue weighted by Crippen LogP contribution is -2.37. The van der Waals surface area contributed by atoms with E-state index in [4.69, 9.17) is 14.7 Å². The molecule has 0 saturated heterocycles. The predicted molar refractivity (Wildman–Crippen MR) is 76.4 cm³/mol. The van der Waals surface area contributed by atoms with Crippen LogP contribution in [0.25, 0.3) is 0 Å². The van der Waals surface area contributed by atoms with Gasteiger partial charge in [0.1, 0.15) is 12.5 Å². The Kier molecular flexibility index (Phi) is 7.68. The average Bonchev–Trinajstić information content (AvgIpc) is 2.47. The summed E-state index contributed by atoms with van der Waals surface area (Å²) in [5.41, 5.74) is 0.809. The van der Waals surface area contributed by atoms with E-state index in [1.165, 1.54) is 0 Å². The summed E-state index contributed by atoms with van der Waals surface area (Å²) in [7, 11) is -2.70. The number of aliphatic hydroxyl groups excluding tert-OH is 1. The molecule has 0 saturated carbocycles. The molecule has 2 atom stereocenters. The van der Waals surface area contributed by atoms with Crippen LogP contribution in [0.3, 0.4) is 0 Å². The lowest BCUT2D eigenvalue weighted by Gasteiger charge is -2.16. The van der Waals surface area contributed by atoms with Gasteiger partial charge in [-0.3, -0.25) is 14.2 Å². The summed E-state index contributed by atoms with van der Waals surface area (Å²) in [6.07, 6.45) is -1.69. The highest BCUT2D eigenvalue weighted by Gasteiger charge is 2.21. The Morgan fingerprint density at radius 3 is 2.52 bits per heavy atom. The summed E-state index contributed by atoms with van der Waals surface area (Å²) in [6.45, 7) is -0.0388. The first-order chi connectivity index (χ1) is 10.0. The lowest BCUT2D eigenvalue weighted by molar-refractivity contribution is -0.137. The van der Waals surface area contributed by atoms with Gasteiger partial charge in [0.15, 0.2) is 0 Å². The van der Waals surface area contributed by atoms with Gasteiger partial charge in [-0.15, -0.1) is 0 Å². The summed E-state index contributed by atoms with van der Waals surface area (Å²) >= 11 is 0. The molecule has 1 aromatic rings. The van der Waals surface area contributed by atoms with E-state index in [0.717, 1.165) is 5.56 Å². The molecule has 0 bridgehead atoms. The molecule has 7 nitrogen and oxygen atoms in total. The SMILES string of the molecule is O=C(O)CCNC(=O)C(Cc1ccccc1)O[PH](=O)CO. The fourth-order valence-electron chi connectivity index (χ4n) is 1.62. The molecule has 2 unspecified atom stereocenters. The van der Waals surface area contributed by atoms with E-state index >= 15 is 0 Å². The van der Waals surface area contributed by atoms with Crippen molar-refractivity contribution in [3.05, 3.63) is 35.9 Å². The van der Waals surface area contributed by atoms with Crippen LogP contribution in [-0.4, -0.2) is 41.1 Å². The van der Waals surface area contributed by atoms with Crippen LogP contribution in [0.2, 0.25) is 0 Å². The summed E-state index contributed by atoms with van der Waals surface area (Å²) in [4.78, 5) is 22.4. The Bertz CT molecular complexity index is 493. The van der Waals surface area contributed by atoms with E-state index in [0.29, 0.717) is 0 Å². The van der Waals surface area contributed by atoms with Crippen LogP contribution in [0.15, 0.2) is 30.3 Å². The van der Waals surface area contributed by atoms with Crippen LogP contribution in [0.4, 0.5) is 0 Å². The van der Waals surface area contributed by atoms with Gasteiger partial charge in [-0.2, -0.15) is 0 Å². The van der Waals surface area contributed by atoms with Crippen LogP contribution in [0.1, 0.15) is 12.0 Å². The predicted octanol–water partition coefficient (Wildman–Crippen LogP) is 0.630. The van der Waals surface area contributed by atoms with Crippen LogP contribution in [-0.2, 0) is 25.1 Å². The number of rotatable bonds is 9. The molecule has 0 fully saturated rings. The van der Waals surface area contributed by atoms with Crippen LogP contribution in [0, 0.1) is 0 Å². The molecule has 116 valence electrons. The standard InChI is InChI=1S/C13H18NO6P/c15-9-21(19)20-11(8-10-4-2-1-3-5-10)13(18)14-7-6-12(16)17/h1-5,11,15,21H,6-9H2,(H,14,18)(H,16,17). The van der Waals surface area contributed by atoms with Gasteiger partial charge < -0.3 is 20.1 Å².